The minimum atomic E-state index is -0.231. The van der Waals surface area contributed by atoms with Gasteiger partial charge in [0.2, 0.25) is 0 Å². The van der Waals surface area contributed by atoms with Crippen molar-refractivity contribution in [3.63, 3.8) is 0 Å². The molecule has 0 aliphatic carbocycles. The SMILES string of the molecule is Fc1ccc(Cn2nnnc2[C@H](c2cccs2)N2CCCCC2)cc1. The molecule has 1 aliphatic rings. The third kappa shape index (κ3) is 3.62. The number of tetrazole rings is 1. The summed E-state index contributed by atoms with van der Waals surface area (Å²) in [6.07, 6.45) is 3.71. The van der Waals surface area contributed by atoms with E-state index >= 15 is 0 Å². The van der Waals surface area contributed by atoms with Crippen LogP contribution >= 0.6 is 11.3 Å². The highest BCUT2D eigenvalue weighted by Crippen LogP contribution is 2.32. The van der Waals surface area contributed by atoms with E-state index in [1.54, 1.807) is 23.5 Å². The lowest BCUT2D eigenvalue weighted by molar-refractivity contribution is 0.180. The third-order valence-electron chi connectivity index (χ3n) is 4.62. The van der Waals surface area contributed by atoms with Gasteiger partial charge in [0, 0.05) is 4.88 Å². The fraction of sp³-hybridized carbons (Fsp3) is 0.389. The summed E-state index contributed by atoms with van der Waals surface area (Å²) in [6, 6.07) is 10.8. The van der Waals surface area contributed by atoms with Gasteiger partial charge < -0.3 is 0 Å². The lowest BCUT2D eigenvalue weighted by Crippen LogP contribution is -2.35. The van der Waals surface area contributed by atoms with E-state index in [0.29, 0.717) is 6.54 Å². The van der Waals surface area contributed by atoms with E-state index in [1.807, 2.05) is 4.68 Å². The topological polar surface area (TPSA) is 46.8 Å². The van der Waals surface area contributed by atoms with Crippen LogP contribution < -0.4 is 0 Å². The number of hydrogen-bond acceptors (Lipinski definition) is 5. The van der Waals surface area contributed by atoms with Crippen LogP contribution in [0.3, 0.4) is 0 Å². The largest absolute Gasteiger partial charge is 0.289 e. The van der Waals surface area contributed by atoms with Crippen molar-refractivity contribution < 1.29 is 4.39 Å². The molecule has 1 atom stereocenters. The maximum atomic E-state index is 13.1. The molecule has 0 N–H and O–H groups in total. The van der Waals surface area contributed by atoms with Gasteiger partial charge in [0.25, 0.3) is 0 Å². The number of rotatable bonds is 5. The minimum absolute atomic E-state index is 0.0794. The maximum Gasteiger partial charge on any atom is 0.174 e. The van der Waals surface area contributed by atoms with Crippen LogP contribution in [0.4, 0.5) is 4.39 Å². The molecule has 7 heteroatoms. The van der Waals surface area contributed by atoms with Crippen LogP contribution in [0.1, 0.15) is 41.6 Å². The molecule has 0 radical (unpaired) electrons. The third-order valence-corrected chi connectivity index (χ3v) is 5.54. The molecule has 5 nitrogen and oxygen atoms in total. The van der Waals surface area contributed by atoms with Crippen molar-refractivity contribution >= 4 is 11.3 Å². The quantitative estimate of drug-likeness (QED) is 0.701. The fourth-order valence-electron chi connectivity index (χ4n) is 3.38. The van der Waals surface area contributed by atoms with Crippen molar-refractivity contribution in [1.29, 1.82) is 0 Å². The Hall–Kier alpha value is -2.12. The molecule has 1 saturated heterocycles. The van der Waals surface area contributed by atoms with Crippen molar-refractivity contribution in [3.05, 3.63) is 63.9 Å². The van der Waals surface area contributed by atoms with Gasteiger partial charge >= 0.3 is 0 Å². The van der Waals surface area contributed by atoms with E-state index in [9.17, 15) is 4.39 Å². The van der Waals surface area contributed by atoms with Crippen LogP contribution in [0.25, 0.3) is 0 Å². The van der Waals surface area contributed by atoms with E-state index in [-0.39, 0.29) is 11.9 Å². The van der Waals surface area contributed by atoms with Gasteiger partial charge in [-0.05, 0) is 65.5 Å². The zero-order valence-corrected chi connectivity index (χ0v) is 14.7. The lowest BCUT2D eigenvalue weighted by atomic mass is 10.1. The number of thiophene rings is 1. The van der Waals surface area contributed by atoms with Crippen molar-refractivity contribution in [2.45, 2.75) is 31.8 Å². The van der Waals surface area contributed by atoms with Crippen LogP contribution in [0.5, 0.6) is 0 Å². The van der Waals surface area contributed by atoms with E-state index in [2.05, 4.69) is 37.9 Å². The highest BCUT2D eigenvalue weighted by atomic mass is 32.1. The maximum absolute atomic E-state index is 13.1. The first-order valence-electron chi connectivity index (χ1n) is 8.59. The first kappa shape index (κ1) is 16.4. The molecule has 3 aromatic rings. The van der Waals surface area contributed by atoms with Gasteiger partial charge in [0.05, 0.1) is 6.54 Å². The number of piperidine rings is 1. The predicted molar refractivity (Wildman–Crippen MR) is 94.9 cm³/mol. The number of hydrogen-bond donors (Lipinski definition) is 0. The fourth-order valence-corrected chi connectivity index (χ4v) is 4.23. The highest BCUT2D eigenvalue weighted by Gasteiger charge is 2.29. The Morgan fingerprint density at radius 1 is 1.08 bits per heavy atom. The average molecular weight is 357 g/mol. The number of benzene rings is 1. The minimum Gasteiger partial charge on any atom is -0.289 e. The smallest absolute Gasteiger partial charge is 0.174 e. The molecule has 0 spiro atoms. The number of likely N-dealkylation sites (tertiary alicyclic amines) is 1. The zero-order chi connectivity index (χ0) is 17.1. The number of aromatic nitrogens is 4. The van der Waals surface area contributed by atoms with Gasteiger partial charge in [0.1, 0.15) is 11.9 Å². The molecular weight excluding hydrogens is 337 g/mol. The second kappa shape index (κ2) is 7.41. The van der Waals surface area contributed by atoms with E-state index in [0.717, 1.165) is 24.5 Å². The number of nitrogens with zero attached hydrogens (tertiary/aromatic N) is 5. The van der Waals surface area contributed by atoms with Gasteiger partial charge in [-0.3, -0.25) is 4.90 Å². The molecule has 1 fully saturated rings. The van der Waals surface area contributed by atoms with Crippen LogP contribution in [0.2, 0.25) is 0 Å². The Balaban J connectivity index is 1.65. The molecule has 1 aliphatic heterocycles. The summed E-state index contributed by atoms with van der Waals surface area (Å²) in [5, 5.41) is 14.6. The standard InChI is InChI=1S/C18H20FN5S/c19-15-8-6-14(7-9-15)13-24-18(20-21-22-24)17(16-5-4-12-25-16)23-10-2-1-3-11-23/h4-9,12,17H,1-3,10-11,13H2/t17-/m0/s1. The van der Waals surface area contributed by atoms with E-state index < -0.39 is 0 Å². The Morgan fingerprint density at radius 3 is 2.60 bits per heavy atom. The molecule has 0 saturated carbocycles. The summed E-state index contributed by atoms with van der Waals surface area (Å²) in [5.74, 6) is 0.624. The molecule has 2 aromatic heterocycles. The lowest BCUT2D eigenvalue weighted by Gasteiger charge is -2.33. The van der Waals surface area contributed by atoms with Crippen LogP contribution in [-0.2, 0) is 6.54 Å². The first-order valence-corrected chi connectivity index (χ1v) is 9.47. The second-order valence-electron chi connectivity index (χ2n) is 6.34. The molecule has 1 aromatic carbocycles. The number of halogens is 1. The van der Waals surface area contributed by atoms with E-state index in [4.69, 9.17) is 0 Å². The summed E-state index contributed by atoms with van der Waals surface area (Å²) >= 11 is 1.74. The molecule has 25 heavy (non-hydrogen) atoms. The Kier molecular flexibility index (Phi) is 4.85. The molecular formula is C18H20FN5S. The zero-order valence-electron chi connectivity index (χ0n) is 13.9. The summed E-state index contributed by atoms with van der Waals surface area (Å²) in [6.45, 7) is 2.66. The van der Waals surface area contributed by atoms with Gasteiger partial charge in [-0.15, -0.1) is 16.4 Å². The van der Waals surface area contributed by atoms with Crippen LogP contribution in [-0.4, -0.2) is 38.2 Å². The molecule has 0 bridgehead atoms. The van der Waals surface area contributed by atoms with Crippen molar-refractivity contribution in [3.8, 4) is 0 Å². The monoisotopic (exact) mass is 357 g/mol. The summed E-state index contributed by atoms with van der Waals surface area (Å²) in [4.78, 5) is 3.74. The van der Waals surface area contributed by atoms with Crippen LogP contribution in [0, 0.1) is 5.82 Å². The highest BCUT2D eigenvalue weighted by molar-refractivity contribution is 7.10. The Labute approximate surface area is 150 Å². The second-order valence-corrected chi connectivity index (χ2v) is 7.32. The first-order chi connectivity index (χ1) is 12.3. The Morgan fingerprint density at radius 2 is 1.88 bits per heavy atom. The predicted octanol–water partition coefficient (Wildman–Crippen LogP) is 3.50. The van der Waals surface area contributed by atoms with Gasteiger partial charge in [-0.1, -0.05) is 24.6 Å². The van der Waals surface area contributed by atoms with Gasteiger partial charge in [-0.25, -0.2) is 9.07 Å². The van der Waals surface area contributed by atoms with Crippen molar-refractivity contribution in [2.24, 2.45) is 0 Å². The molecule has 130 valence electrons. The average Bonchev–Trinajstić information content (AvgIpc) is 3.32. The normalized spacial score (nSPS) is 16.8. The molecule has 4 rings (SSSR count). The Bertz CT molecular complexity index is 793. The van der Waals surface area contributed by atoms with E-state index in [1.165, 1.54) is 36.3 Å². The van der Waals surface area contributed by atoms with Crippen molar-refractivity contribution in [2.75, 3.05) is 13.1 Å². The van der Waals surface area contributed by atoms with Crippen molar-refractivity contribution in [1.82, 2.24) is 25.1 Å². The van der Waals surface area contributed by atoms with Gasteiger partial charge in [-0.2, -0.15) is 0 Å². The summed E-state index contributed by atoms with van der Waals surface area (Å²) < 4.78 is 15.0. The van der Waals surface area contributed by atoms with Gasteiger partial charge in [0.15, 0.2) is 5.82 Å². The molecule has 3 heterocycles. The van der Waals surface area contributed by atoms with Crippen LogP contribution in [0.15, 0.2) is 41.8 Å². The molecule has 0 amide bonds. The summed E-state index contributed by atoms with van der Waals surface area (Å²) in [5.41, 5.74) is 0.985. The summed E-state index contributed by atoms with van der Waals surface area (Å²) in [7, 11) is 0. The molecule has 0 unspecified atom stereocenters.